The summed E-state index contributed by atoms with van der Waals surface area (Å²) >= 11 is 6.27. The van der Waals surface area contributed by atoms with Crippen LogP contribution in [0.4, 0.5) is 10.1 Å². The SMILES string of the molecule is COc1cc(-n2cnnn2)c(Cl)cc1C(=O)Nc1ccc(-n2cncn2)c(F)c1. The molecule has 0 spiro atoms. The number of hydrogen-bond acceptors (Lipinski definition) is 7. The maximum Gasteiger partial charge on any atom is 0.259 e. The fourth-order valence-corrected chi connectivity index (χ4v) is 2.89. The van der Waals surface area contributed by atoms with E-state index in [4.69, 9.17) is 16.3 Å². The molecule has 10 nitrogen and oxygen atoms in total. The Morgan fingerprint density at radius 1 is 1.17 bits per heavy atom. The van der Waals surface area contributed by atoms with Gasteiger partial charge in [0.15, 0.2) is 5.82 Å². The number of hydrogen-bond donors (Lipinski definition) is 1. The summed E-state index contributed by atoms with van der Waals surface area (Å²) in [5.41, 5.74) is 1.05. The summed E-state index contributed by atoms with van der Waals surface area (Å²) in [7, 11) is 1.41. The van der Waals surface area contributed by atoms with Crippen LogP contribution in [0.3, 0.4) is 0 Å². The van der Waals surface area contributed by atoms with Gasteiger partial charge in [0.25, 0.3) is 5.91 Å². The molecule has 0 fully saturated rings. The highest BCUT2D eigenvalue weighted by molar-refractivity contribution is 6.33. The maximum absolute atomic E-state index is 14.4. The molecule has 1 N–H and O–H groups in total. The zero-order valence-electron chi connectivity index (χ0n) is 14.8. The molecular weight excluding hydrogens is 403 g/mol. The van der Waals surface area contributed by atoms with E-state index >= 15 is 0 Å². The molecule has 0 atom stereocenters. The van der Waals surface area contributed by atoms with Crippen LogP contribution in [0.2, 0.25) is 5.02 Å². The molecule has 146 valence electrons. The minimum atomic E-state index is -0.577. The Labute approximate surface area is 167 Å². The molecule has 1 amide bonds. The highest BCUT2D eigenvalue weighted by Gasteiger charge is 2.18. The zero-order chi connectivity index (χ0) is 20.4. The van der Waals surface area contributed by atoms with Crippen molar-refractivity contribution in [3.63, 3.8) is 0 Å². The number of ether oxygens (including phenoxy) is 1. The Hall–Kier alpha value is -3.86. The topological polar surface area (TPSA) is 113 Å². The minimum absolute atomic E-state index is 0.162. The summed E-state index contributed by atoms with van der Waals surface area (Å²) < 4.78 is 22.3. The Bertz CT molecular complexity index is 1160. The molecule has 2 aromatic carbocycles. The van der Waals surface area contributed by atoms with Gasteiger partial charge in [0, 0.05) is 11.8 Å². The third kappa shape index (κ3) is 3.62. The number of methoxy groups -OCH3 is 1. The third-order valence-corrected chi connectivity index (χ3v) is 4.28. The Kier molecular flexibility index (Phi) is 4.87. The molecule has 29 heavy (non-hydrogen) atoms. The number of tetrazole rings is 1. The van der Waals surface area contributed by atoms with Crippen molar-refractivity contribution < 1.29 is 13.9 Å². The second-order valence-electron chi connectivity index (χ2n) is 5.72. The van der Waals surface area contributed by atoms with Gasteiger partial charge in [0.1, 0.15) is 30.4 Å². The first kappa shape index (κ1) is 18.5. The standard InChI is InChI=1S/C17H12ClFN8O2/c1-29-16-6-15(27-9-21-24-25-27)12(18)5-11(16)17(28)23-10-2-3-14(13(19)4-10)26-8-20-7-22-26/h2-9H,1H3,(H,23,28). The van der Waals surface area contributed by atoms with Gasteiger partial charge in [-0.15, -0.1) is 5.10 Å². The van der Waals surface area contributed by atoms with Crippen LogP contribution in [0.5, 0.6) is 5.75 Å². The van der Waals surface area contributed by atoms with E-state index in [9.17, 15) is 9.18 Å². The van der Waals surface area contributed by atoms with E-state index in [1.54, 1.807) is 6.07 Å². The lowest BCUT2D eigenvalue weighted by atomic mass is 10.1. The van der Waals surface area contributed by atoms with E-state index in [1.165, 1.54) is 59.7 Å². The van der Waals surface area contributed by atoms with Crippen LogP contribution in [0.1, 0.15) is 10.4 Å². The van der Waals surface area contributed by atoms with Gasteiger partial charge in [-0.25, -0.2) is 14.1 Å². The van der Waals surface area contributed by atoms with Crippen LogP contribution in [-0.2, 0) is 0 Å². The minimum Gasteiger partial charge on any atom is -0.496 e. The highest BCUT2D eigenvalue weighted by atomic mass is 35.5. The van der Waals surface area contributed by atoms with Crippen molar-refractivity contribution in [2.75, 3.05) is 12.4 Å². The lowest BCUT2D eigenvalue weighted by molar-refractivity contribution is 0.102. The first-order chi connectivity index (χ1) is 14.1. The maximum atomic E-state index is 14.4. The number of carbonyl (C=O) groups excluding carboxylic acids is 1. The monoisotopic (exact) mass is 414 g/mol. The molecule has 4 rings (SSSR count). The van der Waals surface area contributed by atoms with Gasteiger partial charge in [-0.2, -0.15) is 9.78 Å². The average molecular weight is 415 g/mol. The van der Waals surface area contributed by atoms with E-state index in [-0.39, 0.29) is 27.7 Å². The summed E-state index contributed by atoms with van der Waals surface area (Å²) in [5.74, 6) is -0.857. The lowest BCUT2D eigenvalue weighted by Crippen LogP contribution is -2.14. The van der Waals surface area contributed by atoms with Gasteiger partial charge in [-0.05, 0) is 34.7 Å². The highest BCUT2D eigenvalue weighted by Crippen LogP contribution is 2.30. The van der Waals surface area contributed by atoms with Crippen molar-refractivity contribution in [2.45, 2.75) is 0 Å². The van der Waals surface area contributed by atoms with Gasteiger partial charge in [-0.3, -0.25) is 4.79 Å². The van der Waals surface area contributed by atoms with E-state index in [2.05, 4.69) is 30.9 Å². The van der Waals surface area contributed by atoms with Crippen molar-refractivity contribution in [3.8, 4) is 17.1 Å². The number of amides is 1. The number of benzene rings is 2. The Morgan fingerprint density at radius 2 is 2.03 bits per heavy atom. The fourth-order valence-electron chi connectivity index (χ4n) is 2.64. The van der Waals surface area contributed by atoms with E-state index in [0.717, 1.165) is 0 Å². The third-order valence-electron chi connectivity index (χ3n) is 3.98. The number of aromatic nitrogens is 7. The number of halogens is 2. The first-order valence-corrected chi connectivity index (χ1v) is 8.51. The number of carbonyl (C=O) groups is 1. The van der Waals surface area contributed by atoms with Gasteiger partial charge < -0.3 is 10.1 Å². The molecule has 0 unspecified atom stereocenters. The molecule has 12 heteroatoms. The van der Waals surface area contributed by atoms with Crippen molar-refractivity contribution in [1.82, 2.24) is 35.0 Å². The molecule has 0 aliphatic carbocycles. The van der Waals surface area contributed by atoms with E-state index in [1.807, 2.05) is 0 Å². The Balaban J connectivity index is 1.62. The number of anilines is 1. The van der Waals surface area contributed by atoms with Gasteiger partial charge in [-0.1, -0.05) is 11.6 Å². The molecule has 0 aliphatic heterocycles. The van der Waals surface area contributed by atoms with Gasteiger partial charge >= 0.3 is 0 Å². The molecule has 2 aromatic heterocycles. The van der Waals surface area contributed by atoms with Crippen LogP contribution in [0.25, 0.3) is 11.4 Å². The van der Waals surface area contributed by atoms with Crippen molar-refractivity contribution in [2.24, 2.45) is 0 Å². The molecule has 0 aliphatic rings. The summed E-state index contributed by atoms with van der Waals surface area (Å²) in [6.07, 6.45) is 4.03. The zero-order valence-corrected chi connectivity index (χ0v) is 15.6. The summed E-state index contributed by atoms with van der Waals surface area (Å²) in [6.45, 7) is 0. The number of nitrogens with zero attached hydrogens (tertiary/aromatic N) is 7. The van der Waals surface area contributed by atoms with Crippen molar-refractivity contribution in [1.29, 1.82) is 0 Å². The van der Waals surface area contributed by atoms with Crippen LogP contribution >= 0.6 is 11.6 Å². The molecule has 0 bridgehead atoms. The second kappa shape index (κ2) is 7.64. The van der Waals surface area contributed by atoms with Gasteiger partial charge in [0.05, 0.1) is 23.4 Å². The normalized spacial score (nSPS) is 10.7. The first-order valence-electron chi connectivity index (χ1n) is 8.13. The molecular formula is C17H12ClFN8O2. The summed E-state index contributed by atoms with van der Waals surface area (Å²) in [6, 6.07) is 7.15. The molecule has 0 radical (unpaired) electrons. The quantitative estimate of drug-likeness (QED) is 0.533. The molecule has 0 saturated heterocycles. The van der Waals surface area contributed by atoms with Crippen LogP contribution in [0, 0.1) is 5.82 Å². The van der Waals surface area contributed by atoms with Crippen LogP contribution in [-0.4, -0.2) is 48.0 Å². The average Bonchev–Trinajstić information content (AvgIpc) is 3.42. The van der Waals surface area contributed by atoms with Crippen LogP contribution < -0.4 is 10.1 Å². The molecule has 0 saturated carbocycles. The van der Waals surface area contributed by atoms with Gasteiger partial charge in [0.2, 0.25) is 0 Å². The summed E-state index contributed by atoms with van der Waals surface area (Å²) in [4.78, 5) is 16.5. The number of nitrogens with one attached hydrogen (secondary N) is 1. The molecule has 2 heterocycles. The number of rotatable bonds is 5. The lowest BCUT2D eigenvalue weighted by Gasteiger charge is -2.13. The van der Waals surface area contributed by atoms with Crippen molar-refractivity contribution >= 4 is 23.2 Å². The fraction of sp³-hybridized carbons (Fsp3) is 0.0588. The predicted molar refractivity (Wildman–Crippen MR) is 100.0 cm³/mol. The molecule has 4 aromatic rings. The Morgan fingerprint density at radius 3 is 2.69 bits per heavy atom. The van der Waals surface area contributed by atoms with E-state index < -0.39 is 11.7 Å². The second-order valence-corrected chi connectivity index (χ2v) is 6.13. The predicted octanol–water partition coefficient (Wildman–Crippen LogP) is 2.30. The van der Waals surface area contributed by atoms with Crippen LogP contribution in [0.15, 0.2) is 49.3 Å². The van der Waals surface area contributed by atoms with Crippen molar-refractivity contribution in [3.05, 3.63) is 65.7 Å². The summed E-state index contributed by atoms with van der Waals surface area (Å²) in [5, 5.41) is 17.6. The van der Waals surface area contributed by atoms with E-state index in [0.29, 0.717) is 5.69 Å². The largest absolute Gasteiger partial charge is 0.496 e. The smallest absolute Gasteiger partial charge is 0.259 e.